The van der Waals surface area contributed by atoms with E-state index in [1.54, 1.807) is 19.9 Å². The highest BCUT2D eigenvalue weighted by atomic mass is 19.2. The van der Waals surface area contributed by atoms with Crippen LogP contribution in [0.15, 0.2) is 71.1 Å². The molecule has 1 nitrogen and oxygen atoms in total. The van der Waals surface area contributed by atoms with Gasteiger partial charge < -0.3 is 4.74 Å². The Kier molecular flexibility index (Phi) is 7.58. The summed E-state index contributed by atoms with van der Waals surface area (Å²) in [5, 5.41) is 0. The number of hydrogen-bond donors (Lipinski definition) is 0. The Bertz CT molecular complexity index is 560. The smallest absolute Gasteiger partial charge is 0.200 e. The lowest BCUT2D eigenvalue weighted by molar-refractivity contribution is 0.224. The summed E-state index contributed by atoms with van der Waals surface area (Å²) in [4.78, 5) is 0. The van der Waals surface area contributed by atoms with Gasteiger partial charge >= 0.3 is 0 Å². The topological polar surface area (TPSA) is 9.23 Å². The third-order valence-corrected chi connectivity index (χ3v) is 3.33. The van der Waals surface area contributed by atoms with Crippen molar-refractivity contribution in [3.8, 4) is 0 Å². The predicted octanol–water partition coefficient (Wildman–Crippen LogP) is 6.25. The average Bonchev–Trinajstić information content (AvgIpc) is 2.74. The van der Waals surface area contributed by atoms with Gasteiger partial charge in [0.1, 0.15) is 0 Å². The van der Waals surface area contributed by atoms with Crippen molar-refractivity contribution in [3.05, 3.63) is 71.1 Å². The van der Waals surface area contributed by atoms with Crippen LogP contribution in [0.2, 0.25) is 0 Å². The second kappa shape index (κ2) is 9.19. The summed E-state index contributed by atoms with van der Waals surface area (Å²) in [7, 11) is 0. The van der Waals surface area contributed by atoms with Gasteiger partial charge in [-0.2, -0.15) is 4.39 Å². The maximum absolute atomic E-state index is 14.4. The van der Waals surface area contributed by atoms with E-state index in [9.17, 15) is 8.78 Å². The van der Waals surface area contributed by atoms with Crippen LogP contribution >= 0.6 is 0 Å². The molecule has 120 valence electrons. The molecule has 3 heteroatoms. The van der Waals surface area contributed by atoms with Crippen LogP contribution in [-0.4, -0.2) is 6.61 Å². The standard InChI is InChI=1S/C19H24F2O/c1-5-9-15-10-8-11-16(13-12-15)17(6-2)19(21)18(20)14(4)22-7-3/h6,10-13H,4-5,7-9H2,1-3H3/b17-6-,19-18-. The maximum Gasteiger partial charge on any atom is 0.200 e. The first-order valence-electron chi connectivity index (χ1n) is 7.66. The minimum Gasteiger partial charge on any atom is -0.491 e. The lowest BCUT2D eigenvalue weighted by atomic mass is 10.0. The fourth-order valence-corrected chi connectivity index (χ4v) is 2.24. The van der Waals surface area contributed by atoms with E-state index in [-0.39, 0.29) is 17.9 Å². The molecule has 0 saturated carbocycles. The molecule has 0 bridgehead atoms. The first-order chi connectivity index (χ1) is 10.5. The molecular weight excluding hydrogens is 282 g/mol. The summed E-state index contributed by atoms with van der Waals surface area (Å²) in [6.45, 7) is 9.16. The van der Waals surface area contributed by atoms with Crippen molar-refractivity contribution in [2.24, 2.45) is 0 Å². The molecule has 1 rings (SSSR count). The molecule has 0 radical (unpaired) electrons. The zero-order valence-electron chi connectivity index (χ0n) is 13.6. The van der Waals surface area contributed by atoms with Crippen molar-refractivity contribution in [3.63, 3.8) is 0 Å². The number of rotatable bonds is 7. The Morgan fingerprint density at radius 3 is 2.55 bits per heavy atom. The Morgan fingerprint density at radius 2 is 1.95 bits per heavy atom. The monoisotopic (exact) mass is 306 g/mol. The van der Waals surface area contributed by atoms with Gasteiger partial charge in [0.05, 0.1) is 6.61 Å². The van der Waals surface area contributed by atoms with Crippen molar-refractivity contribution in [1.29, 1.82) is 0 Å². The second-order valence-electron chi connectivity index (χ2n) is 4.94. The summed E-state index contributed by atoms with van der Waals surface area (Å²) in [6, 6.07) is 0. The van der Waals surface area contributed by atoms with E-state index < -0.39 is 11.7 Å². The van der Waals surface area contributed by atoms with Gasteiger partial charge in [0.25, 0.3) is 0 Å². The molecule has 0 aromatic heterocycles. The van der Waals surface area contributed by atoms with Gasteiger partial charge in [0.2, 0.25) is 5.83 Å². The van der Waals surface area contributed by atoms with Crippen LogP contribution in [0.4, 0.5) is 8.78 Å². The lowest BCUT2D eigenvalue weighted by Gasteiger charge is -2.09. The van der Waals surface area contributed by atoms with E-state index >= 15 is 0 Å². The molecule has 1 aliphatic carbocycles. The van der Waals surface area contributed by atoms with E-state index in [2.05, 4.69) is 19.6 Å². The van der Waals surface area contributed by atoms with Crippen LogP contribution in [0.25, 0.3) is 0 Å². The first-order valence-corrected chi connectivity index (χ1v) is 7.66. The molecule has 0 saturated heterocycles. The zero-order chi connectivity index (χ0) is 16.5. The van der Waals surface area contributed by atoms with E-state index in [4.69, 9.17) is 4.74 Å². The van der Waals surface area contributed by atoms with Crippen molar-refractivity contribution in [2.75, 3.05) is 6.61 Å². The molecule has 0 N–H and O–H groups in total. The molecule has 1 aliphatic rings. The number of ether oxygens (including phenoxy) is 1. The highest BCUT2D eigenvalue weighted by molar-refractivity contribution is 5.53. The van der Waals surface area contributed by atoms with Gasteiger partial charge in [-0.15, -0.1) is 0 Å². The molecule has 0 amide bonds. The molecule has 0 aromatic rings. The van der Waals surface area contributed by atoms with E-state index in [0.29, 0.717) is 12.0 Å². The Balaban J connectivity index is 3.03. The molecule has 0 aliphatic heterocycles. The minimum atomic E-state index is -1.05. The van der Waals surface area contributed by atoms with Crippen molar-refractivity contribution < 1.29 is 13.5 Å². The quantitative estimate of drug-likeness (QED) is 0.399. The summed E-state index contributed by atoms with van der Waals surface area (Å²) >= 11 is 0. The Hall–Kier alpha value is -1.90. The molecule has 0 heterocycles. The Morgan fingerprint density at radius 1 is 1.23 bits per heavy atom. The largest absolute Gasteiger partial charge is 0.491 e. The molecule has 0 unspecified atom stereocenters. The highest BCUT2D eigenvalue weighted by Gasteiger charge is 2.17. The van der Waals surface area contributed by atoms with Crippen molar-refractivity contribution >= 4 is 0 Å². The van der Waals surface area contributed by atoms with Gasteiger partial charge in [-0.05, 0) is 32.3 Å². The van der Waals surface area contributed by atoms with Gasteiger partial charge in [-0.3, -0.25) is 0 Å². The van der Waals surface area contributed by atoms with Gasteiger partial charge in [0, 0.05) is 5.57 Å². The highest BCUT2D eigenvalue weighted by Crippen LogP contribution is 2.30. The number of hydrogen-bond acceptors (Lipinski definition) is 1. The van der Waals surface area contributed by atoms with E-state index in [1.165, 1.54) is 5.57 Å². The summed E-state index contributed by atoms with van der Waals surface area (Å²) in [5.74, 6) is -2.26. The predicted molar refractivity (Wildman–Crippen MR) is 88.6 cm³/mol. The fourth-order valence-electron chi connectivity index (χ4n) is 2.24. The van der Waals surface area contributed by atoms with Gasteiger partial charge in [0.15, 0.2) is 11.6 Å². The SMILES string of the molecule is C=C(OCC)/C(F)=C(F)\C(=C/C)C1=CCC=C(CCC)C=C1. The first kappa shape index (κ1) is 18.1. The molecule has 0 spiro atoms. The molecule has 0 fully saturated rings. The molecule has 0 aromatic carbocycles. The fraction of sp³-hybridized carbons (Fsp3) is 0.368. The van der Waals surface area contributed by atoms with Gasteiger partial charge in [-0.25, -0.2) is 4.39 Å². The molecule has 22 heavy (non-hydrogen) atoms. The van der Waals surface area contributed by atoms with Crippen LogP contribution in [0.1, 0.15) is 40.0 Å². The van der Waals surface area contributed by atoms with Gasteiger partial charge in [-0.1, -0.05) is 55.9 Å². The van der Waals surface area contributed by atoms with Crippen LogP contribution in [-0.2, 0) is 4.74 Å². The van der Waals surface area contributed by atoms with Crippen LogP contribution < -0.4 is 0 Å². The third-order valence-electron chi connectivity index (χ3n) is 3.33. The second-order valence-corrected chi connectivity index (χ2v) is 4.94. The molecular formula is C19H24F2O. The van der Waals surface area contributed by atoms with Crippen molar-refractivity contribution in [2.45, 2.75) is 40.0 Å². The van der Waals surface area contributed by atoms with Crippen molar-refractivity contribution in [1.82, 2.24) is 0 Å². The van der Waals surface area contributed by atoms with Crippen LogP contribution in [0.3, 0.4) is 0 Å². The Labute approximate surface area is 132 Å². The number of halogens is 2. The average molecular weight is 306 g/mol. The summed E-state index contributed by atoms with van der Waals surface area (Å²) in [5.41, 5.74) is 2.11. The summed E-state index contributed by atoms with van der Waals surface area (Å²) in [6.07, 6.45) is 12.1. The normalized spacial score (nSPS) is 16.5. The minimum absolute atomic E-state index is 0.223. The van der Waals surface area contributed by atoms with E-state index in [0.717, 1.165) is 12.8 Å². The maximum atomic E-state index is 14.4. The van der Waals surface area contributed by atoms with Crippen LogP contribution in [0.5, 0.6) is 0 Å². The van der Waals surface area contributed by atoms with Crippen LogP contribution in [0, 0.1) is 0 Å². The zero-order valence-corrected chi connectivity index (χ0v) is 13.6. The van der Waals surface area contributed by atoms with E-state index in [1.807, 2.05) is 18.2 Å². The number of allylic oxidation sites excluding steroid dienone is 10. The summed E-state index contributed by atoms with van der Waals surface area (Å²) < 4.78 is 33.4. The third kappa shape index (κ3) is 4.83. The molecule has 0 atom stereocenters. The lowest BCUT2D eigenvalue weighted by Crippen LogP contribution is -1.96.